The van der Waals surface area contributed by atoms with Crippen LogP contribution in [0.2, 0.25) is 0 Å². The van der Waals surface area contributed by atoms with Crippen molar-refractivity contribution in [3.63, 3.8) is 0 Å². The lowest BCUT2D eigenvalue weighted by Crippen LogP contribution is -2.47. The van der Waals surface area contributed by atoms with E-state index in [0.29, 0.717) is 18.2 Å². The monoisotopic (exact) mass is 542 g/mol. The molecule has 0 spiro atoms. The van der Waals surface area contributed by atoms with Gasteiger partial charge in [0.1, 0.15) is 11.5 Å². The van der Waals surface area contributed by atoms with Crippen molar-refractivity contribution in [3.05, 3.63) is 114 Å². The number of hydrogen-bond acceptors (Lipinski definition) is 8. The van der Waals surface area contributed by atoms with E-state index in [9.17, 15) is 19.8 Å². The van der Waals surface area contributed by atoms with E-state index in [1.165, 1.54) is 11.1 Å². The first-order valence-corrected chi connectivity index (χ1v) is 13.0. The molecule has 40 heavy (non-hydrogen) atoms. The van der Waals surface area contributed by atoms with Crippen molar-refractivity contribution in [1.82, 2.24) is 9.80 Å². The highest BCUT2D eigenvalue weighted by molar-refractivity contribution is 5.87. The third-order valence-electron chi connectivity index (χ3n) is 6.46. The van der Waals surface area contributed by atoms with Gasteiger partial charge in [-0.2, -0.15) is 0 Å². The molecule has 1 aliphatic rings. The second-order valence-electron chi connectivity index (χ2n) is 9.04. The van der Waals surface area contributed by atoms with Gasteiger partial charge in [0.15, 0.2) is 0 Å². The molecule has 0 aromatic heterocycles. The molecule has 1 saturated heterocycles. The molecule has 0 saturated carbocycles. The SMILES string of the molecule is COc1ccc(/C=C/CN2CCN(C(c3ccccc3)c3ccccc3)CC2)c(OC)c1.O=C([O-])/C=C/C(=O)[O-]. The van der Waals surface area contributed by atoms with E-state index >= 15 is 0 Å². The van der Waals surface area contributed by atoms with E-state index in [-0.39, 0.29) is 0 Å². The molecule has 0 atom stereocenters. The van der Waals surface area contributed by atoms with E-state index in [2.05, 4.69) is 82.6 Å². The maximum Gasteiger partial charge on any atom is 0.129 e. The van der Waals surface area contributed by atoms with Gasteiger partial charge in [-0.25, -0.2) is 0 Å². The molecule has 3 aromatic rings. The number of aliphatic carboxylic acids is 2. The minimum Gasteiger partial charge on any atom is -0.545 e. The minimum atomic E-state index is -1.55. The molecule has 0 aliphatic carbocycles. The topological polar surface area (TPSA) is 105 Å². The molecule has 8 heteroatoms. The van der Waals surface area contributed by atoms with Crippen LogP contribution < -0.4 is 19.7 Å². The summed E-state index contributed by atoms with van der Waals surface area (Å²) in [7, 11) is 3.37. The molecule has 4 rings (SSSR count). The average molecular weight is 543 g/mol. The molecule has 0 radical (unpaired) electrons. The average Bonchev–Trinajstić information content (AvgIpc) is 2.98. The Hall–Kier alpha value is -4.40. The summed E-state index contributed by atoms with van der Waals surface area (Å²) < 4.78 is 10.8. The molecule has 0 N–H and O–H groups in total. The largest absolute Gasteiger partial charge is 0.545 e. The zero-order valence-electron chi connectivity index (χ0n) is 22.8. The van der Waals surface area contributed by atoms with Crippen LogP contribution in [-0.2, 0) is 9.59 Å². The van der Waals surface area contributed by atoms with Crippen LogP contribution in [0.5, 0.6) is 11.5 Å². The molecule has 1 heterocycles. The van der Waals surface area contributed by atoms with Crippen molar-refractivity contribution in [2.45, 2.75) is 6.04 Å². The Morgan fingerprint density at radius 2 is 1.35 bits per heavy atom. The van der Waals surface area contributed by atoms with Gasteiger partial charge >= 0.3 is 0 Å². The summed E-state index contributed by atoms with van der Waals surface area (Å²) in [5.41, 5.74) is 3.79. The lowest BCUT2D eigenvalue weighted by molar-refractivity contribution is -0.301. The molecular formula is C32H34N2O6-2. The van der Waals surface area contributed by atoms with Crippen LogP contribution in [0.15, 0.2) is 97.1 Å². The standard InChI is InChI=1S/C28H32N2O2.C4H4O4/c1-31-26-16-15-23(27(22-26)32-2)14-9-17-29-18-20-30(21-19-29)28(24-10-5-3-6-11-24)25-12-7-4-8-13-25;5-3(6)1-2-4(7)8/h3-16,22,28H,17-21H2,1-2H3;1-2H,(H,5,6)(H,7,8)/p-2/b14-9+;2-1+. The van der Waals surface area contributed by atoms with Crippen LogP contribution in [-0.4, -0.2) is 68.7 Å². The number of nitrogens with zero attached hydrogens (tertiary/aromatic N) is 2. The van der Waals surface area contributed by atoms with Crippen molar-refractivity contribution < 1.29 is 29.3 Å². The molecule has 8 nitrogen and oxygen atoms in total. The van der Waals surface area contributed by atoms with Gasteiger partial charge < -0.3 is 29.3 Å². The van der Waals surface area contributed by atoms with E-state index in [1.807, 2.05) is 18.2 Å². The van der Waals surface area contributed by atoms with E-state index < -0.39 is 11.9 Å². The molecule has 0 unspecified atom stereocenters. The van der Waals surface area contributed by atoms with E-state index in [0.717, 1.165) is 49.8 Å². The number of rotatable bonds is 10. The summed E-state index contributed by atoms with van der Waals surface area (Å²) in [6, 6.07) is 27.9. The zero-order chi connectivity index (χ0) is 28.7. The molecule has 1 fully saturated rings. The second kappa shape index (κ2) is 15.9. The van der Waals surface area contributed by atoms with Gasteiger partial charge in [0.05, 0.1) is 32.2 Å². The number of carboxylic acids is 2. The number of carboxylic acid groups (broad SMARTS) is 2. The Morgan fingerprint density at radius 3 is 1.82 bits per heavy atom. The number of ether oxygens (including phenoxy) is 2. The van der Waals surface area contributed by atoms with Gasteiger partial charge in [0.25, 0.3) is 0 Å². The highest BCUT2D eigenvalue weighted by atomic mass is 16.5. The van der Waals surface area contributed by atoms with Crippen molar-refractivity contribution in [2.75, 3.05) is 46.9 Å². The van der Waals surface area contributed by atoms with Crippen molar-refractivity contribution in [3.8, 4) is 11.5 Å². The van der Waals surface area contributed by atoms with Gasteiger partial charge in [-0.1, -0.05) is 72.8 Å². The van der Waals surface area contributed by atoms with Crippen LogP contribution in [0, 0.1) is 0 Å². The number of hydrogen-bond donors (Lipinski definition) is 0. The zero-order valence-corrected chi connectivity index (χ0v) is 22.8. The summed E-state index contributed by atoms with van der Waals surface area (Å²) in [5, 5.41) is 18.8. The third kappa shape index (κ3) is 9.41. The molecular weight excluding hydrogens is 508 g/mol. The summed E-state index contributed by atoms with van der Waals surface area (Å²) in [5.74, 6) is -1.45. The fraction of sp³-hybridized carbons (Fsp3) is 0.250. The third-order valence-corrected chi connectivity index (χ3v) is 6.46. The van der Waals surface area contributed by atoms with Crippen LogP contribution >= 0.6 is 0 Å². The Bertz CT molecular complexity index is 1210. The number of carbonyl (C=O) groups is 2. The molecule has 1 aliphatic heterocycles. The minimum absolute atomic E-state index is 0.304. The fourth-order valence-corrected chi connectivity index (χ4v) is 4.51. The van der Waals surface area contributed by atoms with E-state index in [4.69, 9.17) is 9.47 Å². The Morgan fingerprint density at radius 1 is 0.800 bits per heavy atom. The summed E-state index contributed by atoms with van der Waals surface area (Å²) in [6.45, 7) is 5.15. The Kier molecular flexibility index (Phi) is 12.0. The Labute approximate surface area is 235 Å². The molecule has 0 amide bonds. The summed E-state index contributed by atoms with van der Waals surface area (Å²) in [4.78, 5) is 23.9. The number of piperazine rings is 1. The van der Waals surface area contributed by atoms with Crippen LogP contribution in [0.3, 0.4) is 0 Å². The smallest absolute Gasteiger partial charge is 0.129 e. The van der Waals surface area contributed by atoms with Crippen molar-refractivity contribution in [2.24, 2.45) is 0 Å². The first-order chi connectivity index (χ1) is 19.4. The molecule has 0 bridgehead atoms. The highest BCUT2D eigenvalue weighted by Crippen LogP contribution is 2.29. The Balaban J connectivity index is 0.000000482. The van der Waals surface area contributed by atoms with Crippen molar-refractivity contribution in [1.29, 1.82) is 0 Å². The van der Waals surface area contributed by atoms with Crippen LogP contribution in [0.1, 0.15) is 22.7 Å². The summed E-state index contributed by atoms with van der Waals surface area (Å²) in [6.07, 6.45) is 5.14. The fourth-order valence-electron chi connectivity index (χ4n) is 4.51. The number of carbonyl (C=O) groups excluding carboxylic acids is 2. The molecule has 3 aromatic carbocycles. The van der Waals surface area contributed by atoms with Crippen LogP contribution in [0.4, 0.5) is 0 Å². The van der Waals surface area contributed by atoms with E-state index in [1.54, 1.807) is 14.2 Å². The number of benzene rings is 3. The van der Waals surface area contributed by atoms with Gasteiger partial charge in [0.2, 0.25) is 0 Å². The second-order valence-corrected chi connectivity index (χ2v) is 9.04. The molecule has 210 valence electrons. The number of methoxy groups -OCH3 is 2. The normalized spacial score (nSPS) is 14.2. The van der Waals surface area contributed by atoms with Gasteiger partial charge in [-0.15, -0.1) is 0 Å². The lowest BCUT2D eigenvalue weighted by Gasteiger charge is -2.39. The maximum absolute atomic E-state index is 9.41. The van der Waals surface area contributed by atoms with Gasteiger partial charge in [0, 0.05) is 44.4 Å². The van der Waals surface area contributed by atoms with Gasteiger partial charge in [-0.05, 0) is 35.4 Å². The first-order valence-electron chi connectivity index (χ1n) is 13.0. The predicted octanol–water partition coefficient (Wildman–Crippen LogP) is 2.17. The van der Waals surface area contributed by atoms with Crippen LogP contribution in [0.25, 0.3) is 6.08 Å². The first kappa shape index (κ1) is 30.1. The van der Waals surface area contributed by atoms with Gasteiger partial charge in [-0.3, -0.25) is 9.80 Å². The quantitative estimate of drug-likeness (QED) is 0.359. The predicted molar refractivity (Wildman–Crippen MR) is 150 cm³/mol. The lowest BCUT2D eigenvalue weighted by atomic mass is 9.96. The summed E-state index contributed by atoms with van der Waals surface area (Å²) >= 11 is 0. The highest BCUT2D eigenvalue weighted by Gasteiger charge is 2.25. The van der Waals surface area contributed by atoms with Crippen molar-refractivity contribution >= 4 is 18.0 Å². The maximum atomic E-state index is 9.41.